The molecule has 1 atom stereocenters. The highest BCUT2D eigenvalue weighted by atomic mass is 16.6. The molecular formula is C14H19N3O4. The molecule has 1 unspecified atom stereocenters. The lowest BCUT2D eigenvalue weighted by molar-refractivity contribution is -0.384. The SMILES string of the molecule is COC(=O)C(C)N1CCN(c2cccc([N+](=O)[O-])c2)CC1. The summed E-state index contributed by atoms with van der Waals surface area (Å²) in [6.45, 7) is 4.72. The zero-order chi connectivity index (χ0) is 15.4. The summed E-state index contributed by atoms with van der Waals surface area (Å²) in [5.74, 6) is -0.237. The number of nitro benzene ring substituents is 1. The minimum absolute atomic E-state index is 0.0952. The Balaban J connectivity index is 1.99. The number of anilines is 1. The van der Waals surface area contributed by atoms with Crippen LogP contribution < -0.4 is 4.90 Å². The van der Waals surface area contributed by atoms with Gasteiger partial charge in [-0.25, -0.2) is 0 Å². The first-order valence-corrected chi connectivity index (χ1v) is 6.84. The van der Waals surface area contributed by atoms with E-state index in [4.69, 9.17) is 4.74 Å². The number of nitro groups is 1. The first kappa shape index (κ1) is 15.2. The summed E-state index contributed by atoms with van der Waals surface area (Å²) < 4.78 is 4.75. The number of benzene rings is 1. The van der Waals surface area contributed by atoms with Crippen LogP contribution in [0, 0.1) is 10.1 Å². The first-order chi connectivity index (χ1) is 10.0. The van der Waals surface area contributed by atoms with Gasteiger partial charge in [0.05, 0.1) is 12.0 Å². The number of esters is 1. The van der Waals surface area contributed by atoms with E-state index in [-0.39, 0.29) is 22.6 Å². The van der Waals surface area contributed by atoms with Gasteiger partial charge in [0.25, 0.3) is 5.69 Å². The van der Waals surface area contributed by atoms with Crippen molar-refractivity contribution < 1.29 is 14.5 Å². The van der Waals surface area contributed by atoms with Crippen LogP contribution in [0.2, 0.25) is 0 Å². The number of carbonyl (C=O) groups is 1. The highest BCUT2D eigenvalue weighted by Crippen LogP contribution is 2.22. The van der Waals surface area contributed by atoms with Crippen LogP contribution in [-0.2, 0) is 9.53 Å². The van der Waals surface area contributed by atoms with Gasteiger partial charge in [-0.05, 0) is 13.0 Å². The van der Waals surface area contributed by atoms with E-state index >= 15 is 0 Å². The Labute approximate surface area is 123 Å². The Morgan fingerprint density at radius 3 is 2.57 bits per heavy atom. The largest absolute Gasteiger partial charge is 0.468 e. The maximum absolute atomic E-state index is 11.5. The van der Waals surface area contributed by atoms with Gasteiger partial charge in [-0.15, -0.1) is 0 Å². The molecule has 2 rings (SSSR count). The average molecular weight is 293 g/mol. The molecule has 21 heavy (non-hydrogen) atoms. The Bertz CT molecular complexity index is 527. The molecule has 1 aliphatic rings. The topological polar surface area (TPSA) is 75.9 Å². The maximum Gasteiger partial charge on any atom is 0.322 e. The number of hydrogen-bond donors (Lipinski definition) is 0. The number of methoxy groups -OCH3 is 1. The molecule has 0 saturated carbocycles. The number of non-ortho nitro benzene ring substituents is 1. The smallest absolute Gasteiger partial charge is 0.322 e. The zero-order valence-corrected chi connectivity index (χ0v) is 12.2. The molecule has 0 bridgehead atoms. The lowest BCUT2D eigenvalue weighted by Gasteiger charge is -2.38. The molecule has 1 aromatic rings. The van der Waals surface area contributed by atoms with Gasteiger partial charge in [-0.3, -0.25) is 19.8 Å². The summed E-state index contributed by atoms with van der Waals surface area (Å²) >= 11 is 0. The third-order valence-electron chi connectivity index (χ3n) is 3.81. The summed E-state index contributed by atoms with van der Waals surface area (Å²) in [5.41, 5.74) is 0.937. The highest BCUT2D eigenvalue weighted by Gasteiger charge is 2.26. The van der Waals surface area contributed by atoms with Gasteiger partial charge in [0.1, 0.15) is 6.04 Å². The van der Waals surface area contributed by atoms with Crippen molar-refractivity contribution >= 4 is 17.3 Å². The Morgan fingerprint density at radius 2 is 2.00 bits per heavy atom. The first-order valence-electron chi connectivity index (χ1n) is 6.84. The van der Waals surface area contributed by atoms with Crippen LogP contribution in [-0.4, -0.2) is 55.1 Å². The van der Waals surface area contributed by atoms with Gasteiger partial charge in [0.15, 0.2) is 0 Å². The van der Waals surface area contributed by atoms with Crippen LogP contribution in [0.4, 0.5) is 11.4 Å². The van der Waals surface area contributed by atoms with E-state index in [1.165, 1.54) is 13.2 Å². The second-order valence-electron chi connectivity index (χ2n) is 5.00. The second kappa shape index (κ2) is 6.53. The van der Waals surface area contributed by atoms with Crippen LogP contribution in [0.1, 0.15) is 6.92 Å². The normalized spacial score (nSPS) is 17.3. The average Bonchev–Trinajstić information content (AvgIpc) is 2.53. The van der Waals surface area contributed by atoms with Crippen LogP contribution in [0.25, 0.3) is 0 Å². The molecule has 0 aliphatic carbocycles. The fourth-order valence-electron chi connectivity index (χ4n) is 2.49. The third-order valence-corrected chi connectivity index (χ3v) is 3.81. The number of nitrogens with zero attached hydrogens (tertiary/aromatic N) is 3. The summed E-state index contributed by atoms with van der Waals surface area (Å²) in [4.78, 5) is 26.1. The molecule has 1 aliphatic heterocycles. The third kappa shape index (κ3) is 3.49. The van der Waals surface area contributed by atoms with E-state index in [1.807, 2.05) is 13.0 Å². The molecule has 1 aromatic carbocycles. The molecular weight excluding hydrogens is 274 g/mol. The molecule has 1 fully saturated rings. The van der Waals surface area contributed by atoms with E-state index in [0.29, 0.717) is 0 Å². The van der Waals surface area contributed by atoms with Crippen LogP contribution >= 0.6 is 0 Å². The van der Waals surface area contributed by atoms with Gasteiger partial charge in [-0.2, -0.15) is 0 Å². The zero-order valence-electron chi connectivity index (χ0n) is 12.2. The van der Waals surface area contributed by atoms with E-state index < -0.39 is 0 Å². The summed E-state index contributed by atoms with van der Waals surface area (Å²) in [6, 6.07) is 6.36. The van der Waals surface area contributed by atoms with Crippen molar-refractivity contribution in [2.45, 2.75) is 13.0 Å². The van der Waals surface area contributed by atoms with Crippen molar-refractivity contribution in [1.29, 1.82) is 0 Å². The predicted molar refractivity (Wildman–Crippen MR) is 78.4 cm³/mol. The predicted octanol–water partition coefficient (Wildman–Crippen LogP) is 1.28. The molecule has 1 saturated heterocycles. The lowest BCUT2D eigenvalue weighted by atomic mass is 10.2. The standard InChI is InChI=1S/C14H19N3O4/c1-11(14(18)21-2)15-6-8-16(9-7-15)12-4-3-5-13(10-12)17(19)20/h3-5,10-11H,6-9H2,1-2H3. The van der Waals surface area contributed by atoms with Crippen molar-refractivity contribution in [2.24, 2.45) is 0 Å². The van der Waals surface area contributed by atoms with Crippen LogP contribution in [0.3, 0.4) is 0 Å². The molecule has 7 heteroatoms. The Hall–Kier alpha value is -2.15. The highest BCUT2D eigenvalue weighted by molar-refractivity contribution is 5.75. The molecule has 0 amide bonds. The van der Waals surface area contributed by atoms with Crippen molar-refractivity contribution in [3.8, 4) is 0 Å². The van der Waals surface area contributed by atoms with Crippen molar-refractivity contribution in [3.05, 3.63) is 34.4 Å². The summed E-state index contributed by atoms with van der Waals surface area (Å²) in [7, 11) is 1.39. The monoisotopic (exact) mass is 293 g/mol. The molecule has 114 valence electrons. The molecule has 7 nitrogen and oxygen atoms in total. The molecule has 0 radical (unpaired) electrons. The van der Waals surface area contributed by atoms with Gasteiger partial charge in [0.2, 0.25) is 0 Å². The Kier molecular flexibility index (Phi) is 4.74. The summed E-state index contributed by atoms with van der Waals surface area (Å²) in [5, 5.41) is 10.8. The number of hydrogen-bond acceptors (Lipinski definition) is 6. The fraction of sp³-hybridized carbons (Fsp3) is 0.500. The number of piperazine rings is 1. The van der Waals surface area contributed by atoms with E-state index in [1.54, 1.807) is 12.1 Å². The quantitative estimate of drug-likeness (QED) is 0.473. The molecule has 1 heterocycles. The van der Waals surface area contributed by atoms with Gasteiger partial charge in [0, 0.05) is 44.0 Å². The summed E-state index contributed by atoms with van der Waals surface area (Å²) in [6.07, 6.45) is 0. The van der Waals surface area contributed by atoms with Crippen LogP contribution in [0.15, 0.2) is 24.3 Å². The number of carbonyl (C=O) groups excluding carboxylic acids is 1. The van der Waals surface area contributed by atoms with E-state index in [2.05, 4.69) is 9.80 Å². The lowest BCUT2D eigenvalue weighted by Crippen LogP contribution is -2.52. The fourth-order valence-corrected chi connectivity index (χ4v) is 2.49. The minimum atomic E-state index is -0.390. The van der Waals surface area contributed by atoms with Gasteiger partial charge in [-0.1, -0.05) is 6.07 Å². The Morgan fingerprint density at radius 1 is 1.33 bits per heavy atom. The van der Waals surface area contributed by atoms with E-state index in [9.17, 15) is 14.9 Å². The molecule has 0 spiro atoms. The number of rotatable bonds is 4. The van der Waals surface area contributed by atoms with Crippen molar-refractivity contribution in [2.75, 3.05) is 38.2 Å². The second-order valence-corrected chi connectivity index (χ2v) is 5.00. The van der Waals surface area contributed by atoms with Gasteiger partial charge < -0.3 is 9.64 Å². The minimum Gasteiger partial charge on any atom is -0.468 e. The van der Waals surface area contributed by atoms with E-state index in [0.717, 1.165) is 31.9 Å². The van der Waals surface area contributed by atoms with Crippen LogP contribution in [0.5, 0.6) is 0 Å². The maximum atomic E-state index is 11.5. The molecule has 0 aromatic heterocycles. The van der Waals surface area contributed by atoms with Crippen molar-refractivity contribution in [3.63, 3.8) is 0 Å². The van der Waals surface area contributed by atoms with Gasteiger partial charge >= 0.3 is 5.97 Å². The number of ether oxygens (including phenoxy) is 1. The molecule has 0 N–H and O–H groups in total. The van der Waals surface area contributed by atoms with Crippen molar-refractivity contribution in [1.82, 2.24) is 4.90 Å².